The number of ether oxygens (including phenoxy) is 1. The summed E-state index contributed by atoms with van der Waals surface area (Å²) in [5.41, 5.74) is 0.917. The van der Waals surface area contributed by atoms with Gasteiger partial charge in [0.2, 0.25) is 0 Å². The van der Waals surface area contributed by atoms with Crippen LogP contribution in [0.25, 0.3) is 0 Å². The number of benzene rings is 1. The Morgan fingerprint density at radius 1 is 1.50 bits per heavy atom. The predicted molar refractivity (Wildman–Crippen MR) is 69.3 cm³/mol. The van der Waals surface area contributed by atoms with E-state index >= 15 is 0 Å². The molecule has 1 N–H and O–H groups in total. The molecular formula is C12H18FNOS. The Kier molecular flexibility index (Phi) is 8.66. The fourth-order valence-electron chi connectivity index (χ4n) is 1.01. The van der Waals surface area contributed by atoms with Gasteiger partial charge in [0.05, 0.1) is 0 Å². The Morgan fingerprint density at radius 2 is 2.19 bits per heavy atom. The van der Waals surface area contributed by atoms with Gasteiger partial charge in [0, 0.05) is 6.54 Å². The van der Waals surface area contributed by atoms with Crippen molar-refractivity contribution in [2.24, 2.45) is 0 Å². The summed E-state index contributed by atoms with van der Waals surface area (Å²) in [5, 5.41) is 0. The zero-order valence-corrected chi connectivity index (χ0v) is 10.6. The Hall–Kier alpha value is -1.00. The first-order chi connectivity index (χ1) is 7.77. The molecule has 90 valence electrons. The van der Waals surface area contributed by atoms with Crippen molar-refractivity contribution in [1.29, 1.82) is 0 Å². The highest BCUT2D eigenvalue weighted by atomic mass is 32.1. The molecule has 0 saturated heterocycles. The third kappa shape index (κ3) is 5.19. The van der Waals surface area contributed by atoms with Crippen LogP contribution in [-0.2, 0) is 6.54 Å². The zero-order valence-electron chi connectivity index (χ0n) is 9.66. The van der Waals surface area contributed by atoms with Crippen molar-refractivity contribution in [1.82, 2.24) is 4.72 Å². The van der Waals surface area contributed by atoms with E-state index in [1.807, 2.05) is 13.8 Å². The van der Waals surface area contributed by atoms with Crippen molar-refractivity contribution in [3.8, 4) is 5.75 Å². The number of halogens is 1. The van der Waals surface area contributed by atoms with Crippen molar-refractivity contribution >= 4 is 12.8 Å². The molecule has 0 heterocycles. The maximum atomic E-state index is 13.1. The van der Waals surface area contributed by atoms with Crippen LogP contribution in [0.2, 0.25) is 0 Å². The molecule has 0 aliphatic carbocycles. The molecule has 0 aliphatic heterocycles. The lowest BCUT2D eigenvalue weighted by atomic mass is 10.2. The van der Waals surface area contributed by atoms with Gasteiger partial charge in [-0.15, -0.1) is 0 Å². The standard InChI is InChI=1S/C10H12FNOS.C2H6/c1-2-5-13-10-6-8(7-12-14)3-4-9(10)11;1-2/h2-4,6,12,14H,1,5,7H2;1-2H3. The number of hydrogen-bond donors (Lipinski definition) is 2. The van der Waals surface area contributed by atoms with Gasteiger partial charge in [0.15, 0.2) is 11.6 Å². The third-order valence-corrected chi connectivity index (χ3v) is 1.79. The lowest BCUT2D eigenvalue weighted by molar-refractivity contribution is 0.341. The lowest BCUT2D eigenvalue weighted by Crippen LogP contribution is -2.01. The summed E-state index contributed by atoms with van der Waals surface area (Å²) in [7, 11) is 0. The molecule has 4 heteroatoms. The van der Waals surface area contributed by atoms with E-state index in [0.717, 1.165) is 5.56 Å². The molecule has 0 unspecified atom stereocenters. The minimum Gasteiger partial charge on any atom is -0.486 e. The normalized spacial score (nSPS) is 9.00. The number of thiol groups is 1. The highest BCUT2D eigenvalue weighted by molar-refractivity contribution is 7.78. The minimum absolute atomic E-state index is 0.242. The Bertz CT molecular complexity index is 318. The van der Waals surface area contributed by atoms with Crippen LogP contribution < -0.4 is 9.46 Å². The van der Waals surface area contributed by atoms with Crippen LogP contribution in [0.3, 0.4) is 0 Å². The summed E-state index contributed by atoms with van der Waals surface area (Å²) in [4.78, 5) is 0. The van der Waals surface area contributed by atoms with Crippen LogP contribution in [0.1, 0.15) is 19.4 Å². The summed E-state index contributed by atoms with van der Waals surface area (Å²) >= 11 is 3.86. The fourth-order valence-corrected chi connectivity index (χ4v) is 1.19. The maximum Gasteiger partial charge on any atom is 0.165 e. The van der Waals surface area contributed by atoms with Gasteiger partial charge in [0.1, 0.15) is 6.61 Å². The van der Waals surface area contributed by atoms with Gasteiger partial charge in [0.25, 0.3) is 0 Å². The Balaban J connectivity index is 0.00000106. The second-order valence-corrected chi connectivity index (χ2v) is 3.02. The first kappa shape index (κ1) is 15.0. The highest BCUT2D eigenvalue weighted by Crippen LogP contribution is 2.18. The van der Waals surface area contributed by atoms with Gasteiger partial charge < -0.3 is 4.74 Å². The summed E-state index contributed by atoms with van der Waals surface area (Å²) < 4.78 is 20.9. The van der Waals surface area contributed by atoms with Gasteiger partial charge >= 0.3 is 0 Å². The SMILES string of the molecule is C=CCOc1cc(CNS)ccc1F.CC. The van der Waals surface area contributed by atoms with Crippen LogP contribution in [0, 0.1) is 5.82 Å². The largest absolute Gasteiger partial charge is 0.486 e. The van der Waals surface area contributed by atoms with Crippen molar-refractivity contribution < 1.29 is 9.13 Å². The Labute approximate surface area is 102 Å². The number of nitrogens with one attached hydrogen (secondary N) is 1. The van der Waals surface area contributed by atoms with Crippen molar-refractivity contribution in [2.75, 3.05) is 6.61 Å². The first-order valence-corrected chi connectivity index (χ1v) is 5.61. The van der Waals surface area contributed by atoms with E-state index in [-0.39, 0.29) is 11.6 Å². The molecule has 1 aromatic carbocycles. The molecule has 0 amide bonds. The van der Waals surface area contributed by atoms with Crippen LogP contribution in [0.5, 0.6) is 5.75 Å². The maximum absolute atomic E-state index is 13.1. The van der Waals surface area contributed by atoms with E-state index in [0.29, 0.717) is 13.2 Å². The molecular weight excluding hydrogens is 225 g/mol. The van der Waals surface area contributed by atoms with E-state index in [1.165, 1.54) is 6.07 Å². The first-order valence-electron chi connectivity index (χ1n) is 5.17. The van der Waals surface area contributed by atoms with E-state index in [1.54, 1.807) is 18.2 Å². The predicted octanol–water partition coefficient (Wildman–Crippen LogP) is 3.35. The van der Waals surface area contributed by atoms with Crippen LogP contribution >= 0.6 is 12.8 Å². The molecule has 0 spiro atoms. The van der Waals surface area contributed by atoms with Gasteiger partial charge in [-0.25, -0.2) is 4.39 Å². The van der Waals surface area contributed by atoms with Crippen LogP contribution in [0.4, 0.5) is 4.39 Å². The van der Waals surface area contributed by atoms with Crippen LogP contribution in [0.15, 0.2) is 30.9 Å². The van der Waals surface area contributed by atoms with Crippen molar-refractivity contribution in [3.05, 3.63) is 42.2 Å². The van der Waals surface area contributed by atoms with E-state index in [9.17, 15) is 4.39 Å². The molecule has 0 aliphatic rings. The molecule has 1 rings (SSSR count). The van der Waals surface area contributed by atoms with E-state index < -0.39 is 0 Å². The average molecular weight is 243 g/mol. The monoisotopic (exact) mass is 243 g/mol. The Morgan fingerprint density at radius 3 is 2.75 bits per heavy atom. The molecule has 16 heavy (non-hydrogen) atoms. The second-order valence-electron chi connectivity index (χ2n) is 2.70. The molecule has 0 bridgehead atoms. The highest BCUT2D eigenvalue weighted by Gasteiger charge is 2.03. The molecule has 0 radical (unpaired) electrons. The van der Waals surface area contributed by atoms with Crippen molar-refractivity contribution in [3.63, 3.8) is 0 Å². The average Bonchev–Trinajstić information content (AvgIpc) is 2.33. The summed E-state index contributed by atoms with van der Waals surface area (Å²) in [6, 6.07) is 4.69. The number of rotatable bonds is 5. The van der Waals surface area contributed by atoms with Crippen LogP contribution in [-0.4, -0.2) is 6.61 Å². The molecule has 0 fully saturated rings. The molecule has 2 nitrogen and oxygen atoms in total. The molecule has 1 aromatic rings. The summed E-state index contributed by atoms with van der Waals surface area (Å²) in [6.45, 7) is 8.36. The van der Waals surface area contributed by atoms with Gasteiger partial charge in [-0.05, 0) is 17.7 Å². The number of hydrogen-bond acceptors (Lipinski definition) is 3. The quantitative estimate of drug-likeness (QED) is 0.611. The fraction of sp³-hybridized carbons (Fsp3) is 0.333. The molecule has 0 aromatic heterocycles. The van der Waals surface area contributed by atoms with Gasteiger partial charge in [-0.1, -0.05) is 45.4 Å². The van der Waals surface area contributed by atoms with Gasteiger partial charge in [-0.3, -0.25) is 4.72 Å². The van der Waals surface area contributed by atoms with Crippen molar-refractivity contribution in [2.45, 2.75) is 20.4 Å². The lowest BCUT2D eigenvalue weighted by Gasteiger charge is -2.06. The van der Waals surface area contributed by atoms with E-state index in [2.05, 4.69) is 24.1 Å². The summed E-state index contributed by atoms with van der Waals surface area (Å²) in [6.07, 6.45) is 1.57. The third-order valence-electron chi connectivity index (χ3n) is 1.64. The topological polar surface area (TPSA) is 21.3 Å². The van der Waals surface area contributed by atoms with Gasteiger partial charge in [-0.2, -0.15) is 0 Å². The zero-order chi connectivity index (χ0) is 12.4. The molecule has 0 atom stereocenters. The smallest absolute Gasteiger partial charge is 0.165 e. The summed E-state index contributed by atoms with van der Waals surface area (Å²) in [5.74, 6) is -0.124. The second kappa shape index (κ2) is 9.24. The van der Waals surface area contributed by atoms with E-state index in [4.69, 9.17) is 4.74 Å². The molecule has 0 saturated carbocycles. The minimum atomic E-state index is -0.366.